The molecule has 8 heteroatoms. The Kier molecular flexibility index (Phi) is 7.11. The SMILES string of the molecule is C/C=C(/C#N)c1c(-c2cccc(C)n2)cc(NC(=NC)/C(=C\C)C(F)(F)F)nc1C. The summed E-state index contributed by atoms with van der Waals surface area (Å²) >= 11 is 0. The minimum Gasteiger partial charge on any atom is -0.325 e. The summed E-state index contributed by atoms with van der Waals surface area (Å²) in [5, 5.41) is 12.2. The fraction of sp³-hybridized carbons (Fsp3) is 0.273. The second kappa shape index (κ2) is 9.35. The number of nitriles is 1. The molecular formula is C22H22F3N5. The molecule has 30 heavy (non-hydrogen) atoms. The molecule has 0 amide bonds. The van der Waals surface area contributed by atoms with Crippen LogP contribution in [0.15, 0.2) is 47.0 Å². The molecule has 5 nitrogen and oxygen atoms in total. The Morgan fingerprint density at radius 3 is 2.37 bits per heavy atom. The van der Waals surface area contributed by atoms with Gasteiger partial charge in [-0.25, -0.2) is 4.98 Å². The number of amidine groups is 1. The summed E-state index contributed by atoms with van der Waals surface area (Å²) in [5.41, 5.74) is 2.52. The Labute approximate surface area is 173 Å². The standard InChI is InChI=1S/C22H22F3N5/c1-6-15(12-26)20-14(4)29-19(11-16(20)18-10-8-9-13(3)28-18)30-21(27-5)17(7-2)22(23,24)25/h6-11H,1-5H3,(H,27,29,30)/b15-6-,17-7+. The summed E-state index contributed by atoms with van der Waals surface area (Å²) in [4.78, 5) is 12.6. The topological polar surface area (TPSA) is 74.0 Å². The molecule has 2 rings (SSSR count). The van der Waals surface area contributed by atoms with Gasteiger partial charge < -0.3 is 5.32 Å². The molecule has 0 aromatic carbocycles. The van der Waals surface area contributed by atoms with Crippen LogP contribution >= 0.6 is 0 Å². The van der Waals surface area contributed by atoms with Gasteiger partial charge in [-0.1, -0.05) is 18.2 Å². The fourth-order valence-corrected chi connectivity index (χ4v) is 3.04. The lowest BCUT2D eigenvalue weighted by atomic mass is 9.96. The molecule has 0 aliphatic carbocycles. The maximum Gasteiger partial charge on any atom is 0.419 e. The molecular weight excluding hydrogens is 391 g/mol. The highest BCUT2D eigenvalue weighted by Crippen LogP contribution is 2.33. The third kappa shape index (κ3) is 4.92. The number of halogens is 3. The van der Waals surface area contributed by atoms with Crippen molar-refractivity contribution in [2.75, 3.05) is 12.4 Å². The smallest absolute Gasteiger partial charge is 0.325 e. The van der Waals surface area contributed by atoms with E-state index >= 15 is 0 Å². The molecule has 0 saturated heterocycles. The summed E-state index contributed by atoms with van der Waals surface area (Å²) in [6, 6.07) is 9.17. The number of pyridine rings is 2. The van der Waals surface area contributed by atoms with Crippen molar-refractivity contribution in [3.05, 3.63) is 58.9 Å². The van der Waals surface area contributed by atoms with Crippen LogP contribution < -0.4 is 5.32 Å². The molecule has 2 heterocycles. The van der Waals surface area contributed by atoms with Gasteiger partial charge in [0.25, 0.3) is 0 Å². The number of anilines is 1. The minimum atomic E-state index is -4.56. The van der Waals surface area contributed by atoms with Crippen LogP contribution in [0, 0.1) is 25.2 Å². The van der Waals surface area contributed by atoms with Gasteiger partial charge in [-0.2, -0.15) is 18.4 Å². The van der Waals surface area contributed by atoms with Crippen LogP contribution in [0.1, 0.15) is 30.8 Å². The Balaban J connectivity index is 2.69. The van der Waals surface area contributed by atoms with Crippen molar-refractivity contribution in [1.29, 1.82) is 5.26 Å². The van der Waals surface area contributed by atoms with E-state index in [4.69, 9.17) is 0 Å². The first-order valence-electron chi connectivity index (χ1n) is 9.16. The molecule has 0 aliphatic heterocycles. The molecule has 2 aromatic rings. The minimum absolute atomic E-state index is 0.173. The van der Waals surface area contributed by atoms with Gasteiger partial charge in [-0.05, 0) is 45.9 Å². The number of nitrogens with zero attached hydrogens (tertiary/aromatic N) is 4. The van der Waals surface area contributed by atoms with E-state index in [2.05, 4.69) is 26.3 Å². The van der Waals surface area contributed by atoms with Crippen molar-refractivity contribution in [3.63, 3.8) is 0 Å². The van der Waals surface area contributed by atoms with Crippen molar-refractivity contribution in [3.8, 4) is 17.3 Å². The molecule has 0 fully saturated rings. The van der Waals surface area contributed by atoms with Crippen molar-refractivity contribution >= 4 is 17.2 Å². The molecule has 1 N–H and O–H groups in total. The first kappa shape index (κ1) is 22.8. The predicted molar refractivity (Wildman–Crippen MR) is 113 cm³/mol. The van der Waals surface area contributed by atoms with Crippen molar-refractivity contribution in [2.24, 2.45) is 4.99 Å². The van der Waals surface area contributed by atoms with Gasteiger partial charge in [0.1, 0.15) is 11.7 Å². The van der Waals surface area contributed by atoms with Crippen LogP contribution in [0.3, 0.4) is 0 Å². The highest BCUT2D eigenvalue weighted by molar-refractivity contribution is 6.08. The van der Waals surface area contributed by atoms with E-state index in [1.165, 1.54) is 14.0 Å². The lowest BCUT2D eigenvalue weighted by Crippen LogP contribution is -2.26. The number of aromatic nitrogens is 2. The molecule has 2 aromatic heterocycles. The number of aryl methyl sites for hydroxylation is 2. The lowest BCUT2D eigenvalue weighted by Gasteiger charge is -2.18. The number of alkyl halides is 3. The first-order chi connectivity index (χ1) is 14.2. The van der Waals surface area contributed by atoms with E-state index in [9.17, 15) is 18.4 Å². The quantitative estimate of drug-likeness (QED) is 0.400. The van der Waals surface area contributed by atoms with Crippen molar-refractivity contribution in [1.82, 2.24) is 9.97 Å². The number of allylic oxidation sites excluding steroid dienone is 3. The van der Waals surface area contributed by atoms with Crippen LogP contribution in [0.25, 0.3) is 16.8 Å². The lowest BCUT2D eigenvalue weighted by molar-refractivity contribution is -0.0861. The van der Waals surface area contributed by atoms with Gasteiger partial charge in [0, 0.05) is 29.6 Å². The molecule has 156 valence electrons. The Bertz CT molecular complexity index is 1070. The zero-order valence-corrected chi connectivity index (χ0v) is 17.4. The van der Waals surface area contributed by atoms with Crippen LogP contribution in [0.5, 0.6) is 0 Å². The molecule has 0 spiro atoms. The van der Waals surface area contributed by atoms with Gasteiger partial charge >= 0.3 is 6.18 Å². The van der Waals surface area contributed by atoms with Gasteiger partial charge in [-0.3, -0.25) is 9.98 Å². The Morgan fingerprint density at radius 2 is 1.87 bits per heavy atom. The van der Waals surface area contributed by atoms with E-state index in [0.717, 1.165) is 11.8 Å². The maximum atomic E-state index is 13.3. The van der Waals surface area contributed by atoms with Crippen molar-refractivity contribution in [2.45, 2.75) is 33.9 Å². The average molecular weight is 413 g/mol. The highest BCUT2D eigenvalue weighted by Gasteiger charge is 2.36. The maximum absolute atomic E-state index is 13.3. The molecule has 0 unspecified atom stereocenters. The first-order valence-corrected chi connectivity index (χ1v) is 9.16. The zero-order chi connectivity index (χ0) is 22.5. The monoisotopic (exact) mass is 413 g/mol. The third-order valence-corrected chi connectivity index (χ3v) is 4.36. The second-order valence-corrected chi connectivity index (χ2v) is 6.39. The van der Waals surface area contributed by atoms with Gasteiger partial charge in [0.05, 0.1) is 22.9 Å². The molecule has 0 aliphatic rings. The summed E-state index contributed by atoms with van der Waals surface area (Å²) < 4.78 is 40.0. The number of hydrogen-bond donors (Lipinski definition) is 1. The van der Waals surface area contributed by atoms with Crippen LogP contribution in [0.4, 0.5) is 19.0 Å². The van der Waals surface area contributed by atoms with Crippen LogP contribution in [-0.2, 0) is 0 Å². The predicted octanol–water partition coefficient (Wildman–Crippen LogP) is 5.64. The third-order valence-electron chi connectivity index (χ3n) is 4.36. The number of aliphatic imine (C=N–C) groups is 1. The summed E-state index contributed by atoms with van der Waals surface area (Å²) in [6.45, 7) is 6.57. The number of hydrogen-bond acceptors (Lipinski definition) is 4. The number of rotatable bonds is 4. The van der Waals surface area contributed by atoms with E-state index in [1.54, 1.807) is 32.1 Å². The van der Waals surface area contributed by atoms with Crippen LogP contribution in [0.2, 0.25) is 0 Å². The van der Waals surface area contributed by atoms with E-state index in [0.29, 0.717) is 28.1 Å². The van der Waals surface area contributed by atoms with E-state index in [-0.39, 0.29) is 11.7 Å². The van der Waals surface area contributed by atoms with Gasteiger partial charge in [0.2, 0.25) is 0 Å². The van der Waals surface area contributed by atoms with E-state index in [1.807, 2.05) is 19.1 Å². The largest absolute Gasteiger partial charge is 0.419 e. The number of nitrogens with one attached hydrogen (secondary N) is 1. The summed E-state index contributed by atoms with van der Waals surface area (Å²) in [6.07, 6.45) is -1.95. The van der Waals surface area contributed by atoms with Crippen molar-refractivity contribution < 1.29 is 13.2 Å². The Morgan fingerprint density at radius 1 is 1.17 bits per heavy atom. The highest BCUT2D eigenvalue weighted by atomic mass is 19.4. The molecule has 0 bridgehead atoms. The van der Waals surface area contributed by atoms with Crippen LogP contribution in [-0.4, -0.2) is 29.0 Å². The fourth-order valence-electron chi connectivity index (χ4n) is 3.04. The summed E-state index contributed by atoms with van der Waals surface area (Å²) in [5.74, 6) is -0.175. The average Bonchev–Trinajstić information content (AvgIpc) is 2.68. The van der Waals surface area contributed by atoms with E-state index < -0.39 is 11.7 Å². The molecule has 0 saturated carbocycles. The Hall–Kier alpha value is -3.47. The normalized spacial score (nSPS) is 13.2. The summed E-state index contributed by atoms with van der Waals surface area (Å²) in [7, 11) is 1.27. The second-order valence-electron chi connectivity index (χ2n) is 6.39. The van der Waals surface area contributed by atoms with Gasteiger partial charge in [0.15, 0.2) is 0 Å². The molecule has 0 atom stereocenters. The molecule has 0 radical (unpaired) electrons. The zero-order valence-electron chi connectivity index (χ0n) is 17.4. The van der Waals surface area contributed by atoms with Gasteiger partial charge in [-0.15, -0.1) is 0 Å².